The summed E-state index contributed by atoms with van der Waals surface area (Å²) in [6, 6.07) is 55.4. The van der Waals surface area contributed by atoms with E-state index < -0.39 is 0 Å². The van der Waals surface area contributed by atoms with Crippen molar-refractivity contribution in [3.05, 3.63) is 157 Å². The highest BCUT2D eigenvalue weighted by Gasteiger charge is 2.21. The number of nitrogens with zero attached hydrogens (tertiary/aromatic N) is 3. The van der Waals surface area contributed by atoms with Crippen LogP contribution in [-0.4, -0.2) is 9.13 Å². The summed E-state index contributed by atoms with van der Waals surface area (Å²) in [4.78, 5) is 0. The first kappa shape index (κ1) is 25.7. The Morgan fingerprint density at radius 3 is 1.66 bits per heavy atom. The summed E-state index contributed by atoms with van der Waals surface area (Å²) in [5.41, 5.74) is 11.0. The lowest BCUT2D eigenvalue weighted by Gasteiger charge is -2.19. The van der Waals surface area contributed by atoms with Gasteiger partial charge in [0.05, 0.1) is 45.1 Å². The van der Waals surface area contributed by atoms with E-state index in [1.165, 1.54) is 10.8 Å². The van der Waals surface area contributed by atoms with E-state index in [1.54, 1.807) is 0 Å². The molecule has 0 amide bonds. The zero-order valence-corrected chi connectivity index (χ0v) is 25.2. The zero-order valence-electron chi connectivity index (χ0n) is 25.2. The molecule has 7 aromatic carbocycles. The average Bonchev–Trinajstić information content (AvgIpc) is 3.77. The molecule has 0 N–H and O–H groups in total. The van der Waals surface area contributed by atoms with Crippen LogP contribution in [0.15, 0.2) is 156 Å². The van der Waals surface area contributed by atoms with Gasteiger partial charge in [0.2, 0.25) is 0 Å². The van der Waals surface area contributed by atoms with Crippen molar-refractivity contribution >= 4 is 65.6 Å². The molecule has 0 fully saturated rings. The van der Waals surface area contributed by atoms with Gasteiger partial charge in [-0.15, -0.1) is 0 Å². The van der Waals surface area contributed by atoms with Gasteiger partial charge in [-0.1, -0.05) is 97.1 Å². The summed E-state index contributed by atoms with van der Waals surface area (Å²) in [6.07, 6.45) is 0. The van der Waals surface area contributed by atoms with E-state index in [2.05, 4.69) is 143 Å². The lowest BCUT2D eigenvalue weighted by atomic mass is 9.99. The maximum Gasteiger partial charge on any atom is 0.136 e. The molecule has 0 aliphatic heterocycles. The quantitative estimate of drug-likeness (QED) is 0.203. The Morgan fingerprint density at radius 1 is 0.404 bits per heavy atom. The van der Waals surface area contributed by atoms with Gasteiger partial charge in [-0.25, -0.2) is 0 Å². The van der Waals surface area contributed by atoms with Gasteiger partial charge in [0.15, 0.2) is 0 Å². The third-order valence-corrected chi connectivity index (χ3v) is 9.55. The summed E-state index contributed by atoms with van der Waals surface area (Å²) >= 11 is 0. The van der Waals surface area contributed by atoms with Crippen molar-refractivity contribution in [2.45, 2.75) is 0 Å². The van der Waals surface area contributed by atoms with Crippen LogP contribution < -0.4 is 0 Å². The fraction of sp³-hybridized carbons (Fsp3) is 0. The Kier molecular flexibility index (Phi) is 5.32. The van der Waals surface area contributed by atoms with Gasteiger partial charge < -0.3 is 13.6 Å². The molecule has 0 atom stereocenters. The van der Waals surface area contributed by atoms with Gasteiger partial charge in [-0.2, -0.15) is 5.26 Å². The predicted octanol–water partition coefficient (Wildman–Crippen LogP) is 11.3. The van der Waals surface area contributed by atoms with E-state index in [-0.39, 0.29) is 0 Å². The van der Waals surface area contributed by atoms with E-state index in [4.69, 9.17) is 4.42 Å². The van der Waals surface area contributed by atoms with Crippen LogP contribution in [0.25, 0.3) is 88.1 Å². The Labute approximate surface area is 269 Å². The molecule has 3 heterocycles. The highest BCUT2D eigenvalue weighted by Crippen LogP contribution is 2.42. The first-order valence-corrected chi connectivity index (χ1v) is 15.8. The van der Waals surface area contributed by atoms with Crippen LogP contribution >= 0.6 is 0 Å². The number of hydrogen-bond donors (Lipinski definition) is 0. The second-order valence-corrected chi connectivity index (χ2v) is 12.0. The predicted molar refractivity (Wildman–Crippen MR) is 193 cm³/mol. The minimum Gasteiger partial charge on any atom is -0.456 e. The molecule has 218 valence electrons. The van der Waals surface area contributed by atoms with E-state index in [9.17, 15) is 5.26 Å². The van der Waals surface area contributed by atoms with Crippen LogP contribution in [-0.2, 0) is 0 Å². The van der Waals surface area contributed by atoms with Gasteiger partial charge >= 0.3 is 0 Å². The largest absolute Gasteiger partial charge is 0.456 e. The van der Waals surface area contributed by atoms with Crippen molar-refractivity contribution in [2.75, 3.05) is 0 Å². The first-order chi connectivity index (χ1) is 23.3. The van der Waals surface area contributed by atoms with Crippen molar-refractivity contribution in [3.63, 3.8) is 0 Å². The second kappa shape index (κ2) is 9.71. The lowest BCUT2D eigenvalue weighted by molar-refractivity contribution is 0.669. The smallest absolute Gasteiger partial charge is 0.136 e. The van der Waals surface area contributed by atoms with Crippen molar-refractivity contribution in [3.8, 4) is 28.6 Å². The van der Waals surface area contributed by atoms with E-state index >= 15 is 0 Å². The highest BCUT2D eigenvalue weighted by atomic mass is 16.3. The van der Waals surface area contributed by atoms with Crippen LogP contribution in [0.2, 0.25) is 0 Å². The summed E-state index contributed by atoms with van der Waals surface area (Å²) in [6.45, 7) is 0. The van der Waals surface area contributed by atoms with Crippen molar-refractivity contribution in [1.82, 2.24) is 9.13 Å². The van der Waals surface area contributed by atoms with Crippen LogP contribution in [0.1, 0.15) is 5.56 Å². The molecular formula is C43H25N3O. The Balaban J connectivity index is 1.33. The Bertz CT molecular complexity index is 2880. The summed E-state index contributed by atoms with van der Waals surface area (Å²) in [5.74, 6) is 0. The molecular weight excluding hydrogens is 574 g/mol. The number of aromatic nitrogens is 2. The molecule has 4 heteroatoms. The minimum absolute atomic E-state index is 0.610. The number of nitriles is 1. The molecule has 0 bridgehead atoms. The normalized spacial score (nSPS) is 11.8. The third-order valence-electron chi connectivity index (χ3n) is 9.55. The summed E-state index contributed by atoms with van der Waals surface area (Å²) < 4.78 is 11.0. The van der Waals surface area contributed by atoms with Gasteiger partial charge in [0, 0.05) is 43.4 Å². The van der Waals surface area contributed by atoms with Crippen LogP contribution in [0, 0.1) is 11.3 Å². The summed E-state index contributed by atoms with van der Waals surface area (Å²) in [5, 5.41) is 17.0. The third kappa shape index (κ3) is 3.63. The van der Waals surface area contributed by atoms with Gasteiger partial charge in [0.1, 0.15) is 11.2 Å². The van der Waals surface area contributed by atoms with Crippen LogP contribution in [0.4, 0.5) is 0 Å². The van der Waals surface area contributed by atoms with Gasteiger partial charge in [-0.3, -0.25) is 0 Å². The molecule has 3 aromatic heterocycles. The Hall–Kier alpha value is -6.57. The minimum atomic E-state index is 0.610. The molecule has 0 aliphatic rings. The molecule has 0 spiro atoms. The zero-order chi connectivity index (χ0) is 31.1. The molecule has 10 rings (SSSR count). The Morgan fingerprint density at radius 2 is 0.957 bits per heavy atom. The molecule has 0 saturated heterocycles. The van der Waals surface area contributed by atoms with Crippen molar-refractivity contribution in [2.24, 2.45) is 0 Å². The second-order valence-electron chi connectivity index (χ2n) is 12.0. The highest BCUT2D eigenvalue weighted by molar-refractivity contribution is 6.17. The number of fused-ring (bicyclic) bond motifs is 9. The maximum atomic E-state index is 10.1. The van der Waals surface area contributed by atoms with E-state index in [0.29, 0.717) is 5.56 Å². The number of rotatable bonds is 3. The topological polar surface area (TPSA) is 46.8 Å². The average molecular weight is 600 g/mol. The van der Waals surface area contributed by atoms with E-state index in [1.807, 2.05) is 24.3 Å². The molecule has 0 saturated carbocycles. The maximum absolute atomic E-state index is 10.1. The number of hydrogen-bond acceptors (Lipinski definition) is 2. The molecule has 0 aliphatic carbocycles. The number of para-hydroxylation sites is 5. The number of furan rings is 1. The van der Waals surface area contributed by atoms with Gasteiger partial charge in [-0.05, 0) is 54.6 Å². The standard InChI is InChI=1S/C43H25N3O/c44-26-27-21-22-32(30-13-3-8-18-38(30)45-36-16-6-1-11-28(36)29-12-2-7-17-37(29)45)40(23-27)46-39-19-9-4-14-31(39)34-25-43-35(24-41(34)46)33-15-5-10-20-42(33)47-43/h1-25H. The summed E-state index contributed by atoms with van der Waals surface area (Å²) in [7, 11) is 0. The molecule has 0 radical (unpaired) electrons. The fourth-order valence-electron chi connectivity index (χ4n) is 7.54. The van der Waals surface area contributed by atoms with Crippen molar-refractivity contribution in [1.29, 1.82) is 5.26 Å². The van der Waals surface area contributed by atoms with Gasteiger partial charge in [0.25, 0.3) is 0 Å². The first-order valence-electron chi connectivity index (χ1n) is 15.8. The molecule has 10 aromatic rings. The molecule has 0 unspecified atom stereocenters. The van der Waals surface area contributed by atoms with E-state index in [0.717, 1.165) is 77.3 Å². The van der Waals surface area contributed by atoms with Crippen LogP contribution in [0.5, 0.6) is 0 Å². The fourth-order valence-corrected chi connectivity index (χ4v) is 7.54. The monoisotopic (exact) mass is 599 g/mol. The SMILES string of the molecule is N#Cc1ccc(-c2ccccc2-n2c3ccccc3c3ccccc32)c(-n2c3ccccc3c3cc4oc5ccccc5c4cc32)c1. The lowest BCUT2D eigenvalue weighted by Crippen LogP contribution is -2.02. The molecule has 47 heavy (non-hydrogen) atoms. The van der Waals surface area contributed by atoms with Crippen LogP contribution in [0.3, 0.4) is 0 Å². The van der Waals surface area contributed by atoms with Crippen molar-refractivity contribution < 1.29 is 4.42 Å². The number of benzene rings is 7. The molecule has 4 nitrogen and oxygen atoms in total.